The Morgan fingerprint density at radius 2 is 1.67 bits per heavy atom. The minimum absolute atomic E-state index is 0.0203. The molecule has 5 rings (SSSR count). The maximum atomic E-state index is 12.4. The van der Waals surface area contributed by atoms with Gasteiger partial charge < -0.3 is 14.5 Å². The second-order valence-electron chi connectivity index (χ2n) is 11.9. The van der Waals surface area contributed by atoms with Gasteiger partial charge in [0.05, 0.1) is 0 Å². The van der Waals surface area contributed by atoms with Crippen molar-refractivity contribution < 1.29 is 14.3 Å². The Hall–Kier alpha value is -2.04. The van der Waals surface area contributed by atoms with Crippen LogP contribution in [0.5, 0.6) is 5.75 Å². The van der Waals surface area contributed by atoms with Gasteiger partial charge in [0.25, 0.3) is 5.91 Å². The molecule has 5 nitrogen and oxygen atoms in total. The summed E-state index contributed by atoms with van der Waals surface area (Å²) >= 11 is 0. The number of carbonyl (C=O) groups excluding carboxylic acids is 2. The van der Waals surface area contributed by atoms with Crippen molar-refractivity contribution in [2.24, 2.45) is 28.6 Å². The Morgan fingerprint density at radius 1 is 0.970 bits per heavy atom. The molecule has 1 aromatic carbocycles. The Balaban J connectivity index is 1.32. The van der Waals surface area contributed by atoms with Crippen molar-refractivity contribution in [3.05, 3.63) is 29.8 Å². The predicted octanol–water partition coefficient (Wildman–Crippen LogP) is 5.00. The number of hydrogen-bond donors (Lipinski definition) is 0. The molecule has 0 bridgehead atoms. The van der Waals surface area contributed by atoms with Crippen LogP contribution in [0.15, 0.2) is 24.3 Å². The summed E-state index contributed by atoms with van der Waals surface area (Å²) < 4.78 is 6.61. The van der Waals surface area contributed by atoms with Gasteiger partial charge in [-0.1, -0.05) is 13.8 Å². The lowest BCUT2D eigenvalue weighted by Crippen LogP contribution is -2.61. The SMILES string of the molecule is CN(C)C(=O)c1ccc(OC2CC[C@H]3[C@@H]4CCC5N(C)C(=O)CC[C@]5(C)[C@@H]4CC[C@]23C)cc1. The number of carbonyl (C=O) groups is 2. The molecule has 2 amide bonds. The highest BCUT2D eigenvalue weighted by atomic mass is 16.5. The largest absolute Gasteiger partial charge is 0.490 e. The van der Waals surface area contributed by atoms with Crippen molar-refractivity contribution in [1.82, 2.24) is 9.80 Å². The second kappa shape index (κ2) is 8.02. The molecule has 4 aliphatic rings. The number of rotatable bonds is 3. The van der Waals surface area contributed by atoms with Crippen LogP contribution >= 0.6 is 0 Å². The van der Waals surface area contributed by atoms with E-state index in [4.69, 9.17) is 4.74 Å². The zero-order chi connectivity index (χ0) is 23.5. The minimum Gasteiger partial charge on any atom is -0.490 e. The Labute approximate surface area is 198 Å². The highest BCUT2D eigenvalue weighted by Crippen LogP contribution is 2.65. The topological polar surface area (TPSA) is 49.9 Å². The monoisotopic (exact) mass is 452 g/mol. The number of ether oxygens (including phenoxy) is 1. The number of likely N-dealkylation sites (tertiary alicyclic amines) is 1. The number of piperidine rings is 1. The molecule has 0 radical (unpaired) electrons. The highest BCUT2D eigenvalue weighted by Gasteiger charge is 2.61. The van der Waals surface area contributed by atoms with Gasteiger partial charge in [0.1, 0.15) is 11.9 Å². The lowest BCUT2D eigenvalue weighted by atomic mass is 9.47. The molecule has 1 heterocycles. The summed E-state index contributed by atoms with van der Waals surface area (Å²) in [6, 6.07) is 8.10. The average Bonchev–Trinajstić information content (AvgIpc) is 3.13. The molecule has 1 saturated heterocycles. The molecule has 3 saturated carbocycles. The standard InChI is InChI=1S/C28H40N2O3/c1-27-17-15-25(31)30(5)23(27)12-10-20-21-11-13-24(28(21,2)16-14-22(20)27)33-19-8-6-18(7-9-19)26(32)29(3)4/h6-9,20-24H,10-17H2,1-5H3/t20-,21-,22+,23?,24?,27+,28-/m0/s1. The maximum absolute atomic E-state index is 12.4. The van der Waals surface area contributed by atoms with Gasteiger partial charge in [-0.2, -0.15) is 0 Å². The Bertz CT molecular complexity index is 928. The molecule has 33 heavy (non-hydrogen) atoms. The van der Waals surface area contributed by atoms with Crippen LogP contribution in [-0.4, -0.2) is 54.9 Å². The number of amides is 2. The fourth-order valence-corrected chi connectivity index (χ4v) is 8.39. The third-order valence-corrected chi connectivity index (χ3v) is 10.3. The molecular weight excluding hydrogens is 412 g/mol. The highest BCUT2D eigenvalue weighted by molar-refractivity contribution is 5.93. The van der Waals surface area contributed by atoms with Crippen molar-refractivity contribution in [2.45, 2.75) is 77.4 Å². The van der Waals surface area contributed by atoms with E-state index in [0.717, 1.165) is 36.8 Å². The number of hydrogen-bond acceptors (Lipinski definition) is 3. The summed E-state index contributed by atoms with van der Waals surface area (Å²) in [6.45, 7) is 4.96. The van der Waals surface area contributed by atoms with E-state index in [0.29, 0.717) is 29.9 Å². The predicted molar refractivity (Wildman–Crippen MR) is 129 cm³/mol. The molecule has 3 aliphatic carbocycles. The smallest absolute Gasteiger partial charge is 0.253 e. The summed E-state index contributed by atoms with van der Waals surface area (Å²) in [4.78, 5) is 28.3. The van der Waals surface area contributed by atoms with Crippen molar-refractivity contribution in [3.8, 4) is 5.75 Å². The van der Waals surface area contributed by atoms with E-state index in [-0.39, 0.29) is 22.8 Å². The van der Waals surface area contributed by atoms with Gasteiger partial charge in [0.2, 0.25) is 5.91 Å². The minimum atomic E-state index is 0.0203. The fourth-order valence-electron chi connectivity index (χ4n) is 8.39. The van der Waals surface area contributed by atoms with Gasteiger partial charge in [-0.05, 0) is 92.4 Å². The number of fused-ring (bicyclic) bond motifs is 5. The molecule has 7 atom stereocenters. The number of benzene rings is 1. The zero-order valence-electron chi connectivity index (χ0n) is 21.0. The van der Waals surface area contributed by atoms with Gasteiger partial charge >= 0.3 is 0 Å². The van der Waals surface area contributed by atoms with Crippen LogP contribution in [0.25, 0.3) is 0 Å². The van der Waals surface area contributed by atoms with E-state index in [1.807, 2.05) is 31.3 Å². The van der Waals surface area contributed by atoms with Gasteiger partial charge in [-0.25, -0.2) is 0 Å². The first-order chi connectivity index (χ1) is 15.6. The fraction of sp³-hybridized carbons (Fsp3) is 0.714. The first kappa shape index (κ1) is 22.7. The van der Waals surface area contributed by atoms with Crippen LogP contribution in [0, 0.1) is 28.6 Å². The van der Waals surface area contributed by atoms with Crippen LogP contribution in [0.4, 0.5) is 0 Å². The van der Waals surface area contributed by atoms with Crippen molar-refractivity contribution in [2.75, 3.05) is 21.1 Å². The molecular formula is C28H40N2O3. The summed E-state index contributed by atoms with van der Waals surface area (Å²) in [6.07, 6.45) is 9.23. The lowest BCUT2D eigenvalue weighted by molar-refractivity contribution is -0.159. The van der Waals surface area contributed by atoms with E-state index in [9.17, 15) is 9.59 Å². The third kappa shape index (κ3) is 3.49. The van der Waals surface area contributed by atoms with E-state index < -0.39 is 0 Å². The maximum Gasteiger partial charge on any atom is 0.253 e. The van der Waals surface area contributed by atoms with Gasteiger partial charge in [-0.15, -0.1) is 0 Å². The van der Waals surface area contributed by atoms with E-state index >= 15 is 0 Å². The van der Waals surface area contributed by atoms with Gasteiger partial charge in [-0.3, -0.25) is 9.59 Å². The molecule has 0 spiro atoms. The molecule has 4 fully saturated rings. The van der Waals surface area contributed by atoms with E-state index in [1.54, 1.807) is 19.0 Å². The van der Waals surface area contributed by atoms with E-state index in [1.165, 1.54) is 25.7 Å². The molecule has 2 unspecified atom stereocenters. The normalized spacial score (nSPS) is 40.0. The van der Waals surface area contributed by atoms with Crippen LogP contribution < -0.4 is 4.74 Å². The zero-order valence-corrected chi connectivity index (χ0v) is 21.0. The Kier molecular flexibility index (Phi) is 5.53. The molecule has 0 N–H and O–H groups in total. The van der Waals surface area contributed by atoms with Gasteiger partial charge in [0, 0.05) is 44.6 Å². The molecule has 0 aromatic heterocycles. The molecule has 1 aromatic rings. The van der Waals surface area contributed by atoms with Crippen molar-refractivity contribution >= 4 is 11.8 Å². The van der Waals surface area contributed by atoms with Gasteiger partial charge in [0.15, 0.2) is 0 Å². The molecule has 180 valence electrons. The number of nitrogens with zero attached hydrogens (tertiary/aromatic N) is 2. The van der Waals surface area contributed by atoms with E-state index in [2.05, 4.69) is 18.7 Å². The average molecular weight is 453 g/mol. The lowest BCUT2D eigenvalue weighted by Gasteiger charge is -2.61. The van der Waals surface area contributed by atoms with Crippen molar-refractivity contribution in [1.29, 1.82) is 0 Å². The summed E-state index contributed by atoms with van der Waals surface area (Å²) in [5.41, 5.74) is 1.17. The second-order valence-corrected chi connectivity index (χ2v) is 11.9. The van der Waals surface area contributed by atoms with Crippen LogP contribution in [0.2, 0.25) is 0 Å². The molecule has 1 aliphatic heterocycles. The van der Waals surface area contributed by atoms with Crippen LogP contribution in [-0.2, 0) is 4.79 Å². The quantitative estimate of drug-likeness (QED) is 0.649. The Morgan fingerprint density at radius 3 is 2.36 bits per heavy atom. The first-order valence-electron chi connectivity index (χ1n) is 12.9. The summed E-state index contributed by atoms with van der Waals surface area (Å²) in [5, 5.41) is 0. The van der Waals surface area contributed by atoms with Crippen LogP contribution in [0.1, 0.15) is 75.6 Å². The molecule has 5 heteroatoms. The van der Waals surface area contributed by atoms with Crippen molar-refractivity contribution in [3.63, 3.8) is 0 Å². The first-order valence-corrected chi connectivity index (χ1v) is 12.9. The van der Waals surface area contributed by atoms with Crippen LogP contribution in [0.3, 0.4) is 0 Å². The third-order valence-electron chi connectivity index (χ3n) is 10.3. The summed E-state index contributed by atoms with van der Waals surface area (Å²) in [7, 11) is 5.59. The summed E-state index contributed by atoms with van der Waals surface area (Å²) in [5.74, 6) is 3.41.